The molecule has 3 aliphatic rings. The van der Waals surface area contributed by atoms with E-state index in [1.54, 1.807) is 0 Å². The van der Waals surface area contributed by atoms with E-state index in [0.29, 0.717) is 17.9 Å². The molecule has 1 aliphatic heterocycles. The molecule has 1 radical (unpaired) electrons. The third kappa shape index (κ3) is 4.47. The Bertz CT molecular complexity index is 591. The smallest absolute Gasteiger partial charge is 0.303 e. The molecule has 159 valence electrons. The molecule has 2 fully saturated rings. The number of hydrogen-bond donors (Lipinski definition) is 1. The van der Waals surface area contributed by atoms with Crippen molar-refractivity contribution in [3.63, 3.8) is 0 Å². The van der Waals surface area contributed by atoms with E-state index >= 15 is 0 Å². The second-order valence-corrected chi connectivity index (χ2v) is 9.40. The number of piperidine rings is 1. The van der Waals surface area contributed by atoms with E-state index in [1.807, 2.05) is 20.5 Å². The number of likely N-dealkylation sites (tertiary alicyclic amines) is 1. The third-order valence-electron chi connectivity index (χ3n) is 7.39. The van der Waals surface area contributed by atoms with Crippen LogP contribution in [0.15, 0.2) is 11.6 Å². The maximum atomic E-state index is 11.6. The summed E-state index contributed by atoms with van der Waals surface area (Å²) < 4.78 is 11.0. The van der Waals surface area contributed by atoms with Gasteiger partial charge in [0.25, 0.3) is 0 Å². The molecule has 1 heterocycles. The molecular formula is C23H38NO4. The van der Waals surface area contributed by atoms with Crippen molar-refractivity contribution in [2.45, 2.75) is 71.2 Å². The molecule has 0 aromatic rings. The number of nitrogens with zero attached hydrogens (tertiary/aromatic N) is 1. The molecule has 1 unspecified atom stereocenters. The molecule has 5 heteroatoms. The van der Waals surface area contributed by atoms with Gasteiger partial charge in [0.2, 0.25) is 0 Å². The van der Waals surface area contributed by atoms with E-state index in [9.17, 15) is 9.90 Å². The van der Waals surface area contributed by atoms with Crippen molar-refractivity contribution in [2.24, 2.45) is 23.7 Å². The van der Waals surface area contributed by atoms with Crippen LogP contribution in [0.2, 0.25) is 0 Å². The van der Waals surface area contributed by atoms with Crippen LogP contribution in [-0.2, 0) is 14.3 Å². The number of carbonyl (C=O) groups excluding carboxylic acids is 1. The third-order valence-corrected chi connectivity index (χ3v) is 7.39. The average molecular weight is 393 g/mol. The van der Waals surface area contributed by atoms with Crippen LogP contribution in [0.3, 0.4) is 0 Å². The highest BCUT2D eigenvalue weighted by atomic mass is 16.5. The largest absolute Gasteiger partial charge is 0.458 e. The molecule has 0 bridgehead atoms. The fourth-order valence-electron chi connectivity index (χ4n) is 5.67. The fraction of sp³-hybridized carbons (Fsp3) is 0.826. The highest BCUT2D eigenvalue weighted by molar-refractivity contribution is 5.66. The van der Waals surface area contributed by atoms with Crippen molar-refractivity contribution in [1.82, 2.24) is 4.90 Å². The Morgan fingerprint density at radius 1 is 1.39 bits per heavy atom. The maximum absolute atomic E-state index is 11.6. The lowest BCUT2D eigenvalue weighted by Crippen LogP contribution is -2.57. The molecular weight excluding hydrogens is 354 g/mol. The van der Waals surface area contributed by atoms with Crippen molar-refractivity contribution in [2.75, 3.05) is 26.7 Å². The molecule has 7 atom stereocenters. The van der Waals surface area contributed by atoms with Gasteiger partial charge in [-0.2, -0.15) is 0 Å². The summed E-state index contributed by atoms with van der Waals surface area (Å²) in [5.41, 5.74) is 0.127. The zero-order valence-electron chi connectivity index (χ0n) is 18.2. The van der Waals surface area contributed by atoms with E-state index in [0.717, 1.165) is 44.5 Å². The van der Waals surface area contributed by atoms with Crippen LogP contribution in [-0.4, -0.2) is 60.5 Å². The number of fused-ring (bicyclic) bond motifs is 1. The summed E-state index contributed by atoms with van der Waals surface area (Å²) >= 11 is 0. The molecule has 1 saturated heterocycles. The Balaban J connectivity index is 1.75. The number of carbonyl (C=O) groups is 1. The molecule has 28 heavy (non-hydrogen) atoms. The van der Waals surface area contributed by atoms with E-state index in [2.05, 4.69) is 24.8 Å². The molecule has 1 saturated carbocycles. The lowest BCUT2D eigenvalue weighted by atomic mass is 9.57. The van der Waals surface area contributed by atoms with Crippen LogP contribution in [0.5, 0.6) is 0 Å². The number of esters is 1. The standard InChI is InChI=1S/C23H38NO4/c1-15-11-21-20(16(2)13-24-10-6-7-19(14-24)27-5)9-8-17(3)23(21,26)12-22(15)28-18(4)25/h11-12,16-17,19-22,26H,6-10,13-14H2,1-5H3/t16?,17-,19+,20+,21-,22-,23-/m1/s1. The molecule has 0 spiro atoms. The van der Waals surface area contributed by atoms with Crippen LogP contribution in [0.25, 0.3) is 0 Å². The van der Waals surface area contributed by atoms with Crippen molar-refractivity contribution in [3.05, 3.63) is 18.1 Å². The zero-order valence-corrected chi connectivity index (χ0v) is 18.2. The molecule has 2 aliphatic carbocycles. The van der Waals surface area contributed by atoms with Crippen molar-refractivity contribution in [3.8, 4) is 0 Å². The van der Waals surface area contributed by atoms with Gasteiger partial charge in [-0.15, -0.1) is 0 Å². The first kappa shape index (κ1) is 21.8. The summed E-state index contributed by atoms with van der Waals surface area (Å²) in [5.74, 6) is 0.857. The molecule has 0 amide bonds. The first-order valence-corrected chi connectivity index (χ1v) is 10.9. The summed E-state index contributed by atoms with van der Waals surface area (Å²) in [5, 5.41) is 11.6. The Morgan fingerprint density at radius 3 is 2.82 bits per heavy atom. The van der Waals surface area contributed by atoms with Gasteiger partial charge in [-0.3, -0.25) is 4.79 Å². The van der Waals surface area contributed by atoms with Gasteiger partial charge in [-0.25, -0.2) is 0 Å². The van der Waals surface area contributed by atoms with Gasteiger partial charge in [0.1, 0.15) is 6.10 Å². The number of methoxy groups -OCH3 is 1. The van der Waals surface area contributed by atoms with Gasteiger partial charge in [0.15, 0.2) is 0 Å². The first-order chi connectivity index (χ1) is 13.2. The van der Waals surface area contributed by atoms with Gasteiger partial charge in [0.05, 0.1) is 11.7 Å². The molecule has 3 rings (SSSR count). The minimum atomic E-state index is -0.909. The second kappa shape index (κ2) is 8.85. The van der Waals surface area contributed by atoms with E-state index in [1.165, 1.54) is 13.3 Å². The fourth-order valence-corrected chi connectivity index (χ4v) is 5.67. The molecule has 5 nitrogen and oxygen atoms in total. The summed E-state index contributed by atoms with van der Waals surface area (Å²) in [7, 11) is 1.81. The highest BCUT2D eigenvalue weighted by Crippen LogP contribution is 2.50. The minimum Gasteiger partial charge on any atom is -0.458 e. The van der Waals surface area contributed by atoms with Gasteiger partial charge >= 0.3 is 5.97 Å². The maximum Gasteiger partial charge on any atom is 0.303 e. The van der Waals surface area contributed by atoms with Crippen molar-refractivity contribution >= 4 is 5.97 Å². The highest BCUT2D eigenvalue weighted by Gasteiger charge is 2.53. The minimum absolute atomic E-state index is 0.0843. The van der Waals surface area contributed by atoms with Crippen LogP contribution in [0.4, 0.5) is 0 Å². The van der Waals surface area contributed by atoms with Crippen LogP contribution in [0, 0.1) is 30.1 Å². The summed E-state index contributed by atoms with van der Waals surface area (Å²) in [6.07, 6.45) is 8.50. The monoisotopic (exact) mass is 392 g/mol. The van der Waals surface area contributed by atoms with E-state index < -0.39 is 11.7 Å². The molecule has 0 aromatic heterocycles. The SMILES string of the molecule is CO[C@H]1CCCN(CC(C)[C@@H]2CC[C@@H](C)[C@]3(O)[CH][C@@H](OC(C)=O)C(C)=C[C@H]23)C1. The van der Waals surface area contributed by atoms with Gasteiger partial charge in [0, 0.05) is 39.5 Å². The van der Waals surface area contributed by atoms with Crippen molar-refractivity contribution in [1.29, 1.82) is 0 Å². The predicted octanol–water partition coefficient (Wildman–Crippen LogP) is 3.22. The van der Waals surface area contributed by atoms with E-state index in [-0.39, 0.29) is 17.8 Å². The number of hydrogen-bond acceptors (Lipinski definition) is 5. The predicted molar refractivity (Wildman–Crippen MR) is 110 cm³/mol. The van der Waals surface area contributed by atoms with Crippen LogP contribution >= 0.6 is 0 Å². The van der Waals surface area contributed by atoms with Gasteiger partial charge in [-0.1, -0.05) is 19.9 Å². The summed E-state index contributed by atoms with van der Waals surface area (Å²) in [6, 6.07) is 0. The number of ether oxygens (including phenoxy) is 2. The summed E-state index contributed by atoms with van der Waals surface area (Å²) in [4.78, 5) is 14.0. The lowest BCUT2D eigenvalue weighted by Gasteiger charge is -2.53. The Hall–Kier alpha value is -0.910. The van der Waals surface area contributed by atoms with E-state index in [4.69, 9.17) is 9.47 Å². The summed E-state index contributed by atoms with van der Waals surface area (Å²) in [6.45, 7) is 11.1. The zero-order chi connectivity index (χ0) is 20.5. The molecule has 1 N–H and O–H groups in total. The molecule has 0 aromatic carbocycles. The Kier molecular flexibility index (Phi) is 6.88. The van der Waals surface area contributed by atoms with Gasteiger partial charge in [-0.05, 0) is 62.5 Å². The lowest BCUT2D eigenvalue weighted by molar-refractivity contribution is -0.148. The van der Waals surface area contributed by atoms with Gasteiger partial charge < -0.3 is 19.5 Å². The average Bonchev–Trinajstić information content (AvgIpc) is 2.64. The van der Waals surface area contributed by atoms with Crippen LogP contribution < -0.4 is 0 Å². The topological polar surface area (TPSA) is 59.0 Å². The van der Waals surface area contributed by atoms with Crippen molar-refractivity contribution < 1.29 is 19.4 Å². The number of aliphatic hydroxyl groups is 1. The number of rotatable bonds is 5. The quantitative estimate of drug-likeness (QED) is 0.575. The Labute approximate surface area is 170 Å². The Morgan fingerprint density at radius 2 is 2.14 bits per heavy atom. The second-order valence-electron chi connectivity index (χ2n) is 9.40. The van der Waals surface area contributed by atoms with Crippen LogP contribution in [0.1, 0.15) is 53.4 Å². The normalized spacial score (nSPS) is 40.4. The first-order valence-electron chi connectivity index (χ1n) is 10.9.